The molecule has 126 valence electrons. The summed E-state index contributed by atoms with van der Waals surface area (Å²) in [6.45, 7) is 4.40. The third kappa shape index (κ3) is 3.40. The molecular weight excluding hydrogens is 294 g/mol. The average Bonchev–Trinajstić information content (AvgIpc) is 3.35. The van der Waals surface area contributed by atoms with E-state index in [1.165, 1.54) is 12.8 Å². The van der Waals surface area contributed by atoms with Crippen LogP contribution in [0, 0.1) is 5.92 Å². The van der Waals surface area contributed by atoms with E-state index < -0.39 is 0 Å². The summed E-state index contributed by atoms with van der Waals surface area (Å²) in [6, 6.07) is 0.267. The number of nitrogens with one attached hydrogen (secondary N) is 1. The molecule has 0 aromatic carbocycles. The van der Waals surface area contributed by atoms with Gasteiger partial charge in [-0.3, -0.25) is 4.79 Å². The molecule has 1 amide bonds. The van der Waals surface area contributed by atoms with E-state index in [1.54, 1.807) is 4.68 Å². The first-order valence-corrected chi connectivity index (χ1v) is 8.79. The maximum Gasteiger partial charge on any atom is 0.244 e. The minimum atomic E-state index is 0.145. The summed E-state index contributed by atoms with van der Waals surface area (Å²) >= 11 is 0. The molecule has 23 heavy (non-hydrogen) atoms. The van der Waals surface area contributed by atoms with Crippen LogP contribution in [0.5, 0.6) is 0 Å². The van der Waals surface area contributed by atoms with Crippen molar-refractivity contribution in [3.05, 3.63) is 11.9 Å². The second-order valence-electron chi connectivity index (χ2n) is 6.93. The number of ether oxygens (including phenoxy) is 1. The minimum Gasteiger partial charge on any atom is -0.377 e. The monoisotopic (exact) mass is 319 g/mol. The lowest BCUT2D eigenvalue weighted by atomic mass is 9.95. The zero-order valence-electron chi connectivity index (χ0n) is 13.5. The van der Waals surface area contributed by atoms with Crippen molar-refractivity contribution in [3.8, 4) is 0 Å². The number of amides is 1. The first-order valence-electron chi connectivity index (χ1n) is 8.79. The molecule has 0 spiro atoms. The Labute approximate surface area is 136 Å². The van der Waals surface area contributed by atoms with Crippen LogP contribution in [0.15, 0.2) is 6.20 Å². The van der Waals surface area contributed by atoms with Crippen LogP contribution in [-0.4, -0.2) is 64.7 Å². The number of hydrogen-bond acceptors (Lipinski definition) is 5. The quantitative estimate of drug-likeness (QED) is 0.869. The molecule has 3 fully saturated rings. The lowest BCUT2D eigenvalue weighted by Gasteiger charge is -2.35. The standard InChI is InChI=1S/C16H25N5O2/c22-16(21-7-8-23-11-15(21)13-1-2-13)10-20-9-14(18-19-20)12-3-5-17-6-4-12/h9,12-13,15,17H,1-8,10-11H2. The Balaban J connectivity index is 1.39. The smallest absolute Gasteiger partial charge is 0.244 e. The molecule has 7 nitrogen and oxygen atoms in total. The number of hydrogen-bond donors (Lipinski definition) is 1. The molecule has 0 radical (unpaired) electrons. The highest BCUT2D eigenvalue weighted by atomic mass is 16.5. The van der Waals surface area contributed by atoms with Crippen molar-refractivity contribution in [3.63, 3.8) is 0 Å². The lowest BCUT2D eigenvalue weighted by molar-refractivity contribution is -0.141. The predicted octanol–water partition coefficient (Wildman–Crippen LogP) is 0.383. The second kappa shape index (κ2) is 6.57. The molecule has 1 unspecified atom stereocenters. The highest BCUT2D eigenvalue weighted by Crippen LogP contribution is 2.36. The van der Waals surface area contributed by atoms with Gasteiger partial charge in [-0.15, -0.1) is 5.10 Å². The summed E-state index contributed by atoms with van der Waals surface area (Å²) in [6.07, 6.45) is 6.60. The molecule has 1 aliphatic carbocycles. The van der Waals surface area contributed by atoms with Gasteiger partial charge in [0.1, 0.15) is 6.54 Å². The molecule has 7 heteroatoms. The van der Waals surface area contributed by atoms with Gasteiger partial charge in [-0.25, -0.2) is 4.68 Å². The van der Waals surface area contributed by atoms with E-state index in [1.807, 2.05) is 11.1 Å². The molecule has 1 aromatic rings. The maximum absolute atomic E-state index is 12.7. The summed E-state index contributed by atoms with van der Waals surface area (Å²) in [7, 11) is 0. The Morgan fingerprint density at radius 2 is 2.13 bits per heavy atom. The highest BCUT2D eigenvalue weighted by Gasteiger charge is 2.39. The van der Waals surface area contributed by atoms with E-state index in [9.17, 15) is 4.79 Å². The number of rotatable bonds is 4. The first kappa shape index (κ1) is 15.1. The van der Waals surface area contributed by atoms with Gasteiger partial charge in [-0.1, -0.05) is 5.21 Å². The van der Waals surface area contributed by atoms with Crippen molar-refractivity contribution >= 4 is 5.91 Å². The van der Waals surface area contributed by atoms with Crippen LogP contribution in [0.25, 0.3) is 0 Å². The number of morpholine rings is 1. The van der Waals surface area contributed by atoms with E-state index in [4.69, 9.17) is 4.74 Å². The normalized spacial score (nSPS) is 26.4. The fraction of sp³-hybridized carbons (Fsp3) is 0.812. The summed E-state index contributed by atoms with van der Waals surface area (Å²) in [5, 5.41) is 11.8. The molecule has 2 saturated heterocycles. The fourth-order valence-electron chi connectivity index (χ4n) is 3.73. The molecule has 3 heterocycles. The summed E-state index contributed by atoms with van der Waals surface area (Å²) in [4.78, 5) is 14.7. The third-order valence-electron chi connectivity index (χ3n) is 5.26. The van der Waals surface area contributed by atoms with E-state index >= 15 is 0 Å². The van der Waals surface area contributed by atoms with Crippen LogP contribution in [-0.2, 0) is 16.1 Å². The van der Waals surface area contributed by atoms with Crippen molar-refractivity contribution in [2.75, 3.05) is 32.8 Å². The summed E-state index contributed by atoms with van der Waals surface area (Å²) in [5.74, 6) is 1.26. The van der Waals surface area contributed by atoms with Crippen LogP contribution in [0.1, 0.15) is 37.3 Å². The number of carbonyl (C=O) groups is 1. The van der Waals surface area contributed by atoms with Gasteiger partial charge >= 0.3 is 0 Å². The van der Waals surface area contributed by atoms with Gasteiger partial charge in [0.25, 0.3) is 0 Å². The fourth-order valence-corrected chi connectivity index (χ4v) is 3.73. The zero-order valence-corrected chi connectivity index (χ0v) is 13.5. The zero-order chi connectivity index (χ0) is 15.6. The number of carbonyl (C=O) groups excluding carboxylic acids is 1. The van der Waals surface area contributed by atoms with Gasteiger partial charge in [0.15, 0.2) is 0 Å². The maximum atomic E-state index is 12.7. The number of piperidine rings is 1. The minimum absolute atomic E-state index is 0.145. The number of nitrogens with zero attached hydrogens (tertiary/aromatic N) is 4. The largest absolute Gasteiger partial charge is 0.377 e. The Morgan fingerprint density at radius 3 is 2.91 bits per heavy atom. The van der Waals surface area contributed by atoms with Crippen molar-refractivity contribution in [2.24, 2.45) is 5.92 Å². The predicted molar refractivity (Wildman–Crippen MR) is 83.9 cm³/mol. The molecular formula is C16H25N5O2. The first-order chi connectivity index (χ1) is 11.3. The van der Waals surface area contributed by atoms with Gasteiger partial charge in [0.2, 0.25) is 5.91 Å². The van der Waals surface area contributed by atoms with Crippen molar-refractivity contribution in [1.29, 1.82) is 0 Å². The van der Waals surface area contributed by atoms with Gasteiger partial charge in [0, 0.05) is 18.7 Å². The highest BCUT2D eigenvalue weighted by molar-refractivity contribution is 5.76. The molecule has 1 aromatic heterocycles. The Hall–Kier alpha value is -1.47. The third-order valence-corrected chi connectivity index (χ3v) is 5.26. The summed E-state index contributed by atoms with van der Waals surface area (Å²) < 4.78 is 7.27. The van der Waals surface area contributed by atoms with Gasteiger partial charge in [0.05, 0.1) is 24.9 Å². The molecule has 0 bridgehead atoms. The molecule has 2 aliphatic heterocycles. The molecule has 1 N–H and O–H groups in total. The SMILES string of the molecule is O=C(Cn1cc(C2CCNCC2)nn1)N1CCOCC1C1CC1. The van der Waals surface area contributed by atoms with Gasteiger partial charge < -0.3 is 15.0 Å². The topological polar surface area (TPSA) is 72.3 Å². The molecule has 4 rings (SSSR count). The lowest BCUT2D eigenvalue weighted by Crippen LogP contribution is -2.50. The van der Waals surface area contributed by atoms with Crippen molar-refractivity contribution < 1.29 is 9.53 Å². The van der Waals surface area contributed by atoms with Gasteiger partial charge in [-0.2, -0.15) is 0 Å². The van der Waals surface area contributed by atoms with Crippen molar-refractivity contribution in [1.82, 2.24) is 25.2 Å². The number of aromatic nitrogens is 3. The van der Waals surface area contributed by atoms with Crippen LogP contribution < -0.4 is 5.32 Å². The van der Waals surface area contributed by atoms with Crippen molar-refractivity contribution in [2.45, 2.75) is 44.2 Å². The van der Waals surface area contributed by atoms with E-state index in [-0.39, 0.29) is 11.9 Å². The Kier molecular flexibility index (Phi) is 4.31. The molecule has 1 saturated carbocycles. The van der Waals surface area contributed by atoms with Crippen LogP contribution >= 0.6 is 0 Å². The Morgan fingerprint density at radius 1 is 1.30 bits per heavy atom. The van der Waals surface area contributed by atoms with Gasteiger partial charge in [-0.05, 0) is 44.7 Å². The molecule has 3 aliphatic rings. The van der Waals surface area contributed by atoms with E-state index in [2.05, 4.69) is 15.6 Å². The van der Waals surface area contributed by atoms with Crippen LogP contribution in [0.2, 0.25) is 0 Å². The molecule has 1 atom stereocenters. The van der Waals surface area contributed by atoms with Crippen LogP contribution in [0.4, 0.5) is 0 Å². The Bertz CT molecular complexity index is 550. The average molecular weight is 319 g/mol. The van der Waals surface area contributed by atoms with E-state index in [0.29, 0.717) is 38.1 Å². The summed E-state index contributed by atoms with van der Waals surface area (Å²) in [5.41, 5.74) is 1.03. The second-order valence-corrected chi connectivity index (χ2v) is 6.93. The van der Waals surface area contributed by atoms with E-state index in [0.717, 1.165) is 31.6 Å². The van der Waals surface area contributed by atoms with Crippen LogP contribution in [0.3, 0.4) is 0 Å².